The van der Waals surface area contributed by atoms with E-state index in [1.165, 1.54) is 0 Å². The Balaban J connectivity index is 2.33. The highest BCUT2D eigenvalue weighted by Gasteiger charge is 2.16. The molecule has 1 aliphatic rings. The van der Waals surface area contributed by atoms with Crippen LogP contribution in [0.25, 0.3) is 11.4 Å². The Morgan fingerprint density at radius 1 is 0.647 bits per heavy atom. The van der Waals surface area contributed by atoms with Gasteiger partial charge in [0.2, 0.25) is 0 Å². The van der Waals surface area contributed by atoms with Crippen molar-refractivity contribution in [3.05, 3.63) is 59.7 Å². The van der Waals surface area contributed by atoms with E-state index in [1.54, 1.807) is 0 Å². The first-order valence-corrected chi connectivity index (χ1v) is 5.48. The lowest BCUT2D eigenvalue weighted by Gasteiger charge is -2.09. The van der Waals surface area contributed by atoms with E-state index in [-0.39, 0.29) is 0 Å². The predicted molar refractivity (Wildman–Crippen MR) is 71.4 cm³/mol. The molecule has 0 aromatic heterocycles. The molecule has 0 saturated heterocycles. The van der Waals surface area contributed by atoms with Crippen molar-refractivity contribution in [3.63, 3.8) is 0 Å². The van der Waals surface area contributed by atoms with Gasteiger partial charge in [-0.25, -0.2) is 0 Å². The number of hydrogen-bond acceptors (Lipinski definition) is 3. The second-order valence-electron chi connectivity index (χ2n) is 4.04. The Bertz CT molecular complexity index is 561. The van der Waals surface area contributed by atoms with Crippen molar-refractivity contribution in [3.8, 4) is 0 Å². The lowest BCUT2D eigenvalue weighted by Crippen LogP contribution is -2.06. The maximum absolute atomic E-state index is 6.12. The third kappa shape index (κ3) is 1.44. The van der Waals surface area contributed by atoms with Crippen LogP contribution in [0.2, 0.25) is 0 Å². The van der Waals surface area contributed by atoms with E-state index in [9.17, 15) is 0 Å². The lowest BCUT2D eigenvalue weighted by atomic mass is 10.1. The molecule has 0 saturated carbocycles. The Kier molecular flexibility index (Phi) is 2.05. The second-order valence-corrected chi connectivity index (χ2v) is 4.04. The molecule has 0 bridgehead atoms. The second kappa shape index (κ2) is 3.56. The lowest BCUT2D eigenvalue weighted by molar-refractivity contribution is 1.48. The summed E-state index contributed by atoms with van der Waals surface area (Å²) < 4.78 is 0. The summed E-state index contributed by atoms with van der Waals surface area (Å²) in [6, 6.07) is 15.8. The molecule has 1 heterocycles. The molecule has 0 unspecified atom stereocenters. The fourth-order valence-electron chi connectivity index (χ4n) is 2.09. The molecule has 5 N–H and O–H groups in total. The Morgan fingerprint density at radius 2 is 1.06 bits per heavy atom. The van der Waals surface area contributed by atoms with Gasteiger partial charge in [0.25, 0.3) is 0 Å². The van der Waals surface area contributed by atoms with Gasteiger partial charge in [0, 0.05) is 22.5 Å². The summed E-state index contributed by atoms with van der Waals surface area (Å²) in [6.45, 7) is 0. The average molecular weight is 223 g/mol. The summed E-state index contributed by atoms with van der Waals surface area (Å²) in [5.74, 6) is 0. The van der Waals surface area contributed by atoms with Crippen molar-refractivity contribution < 1.29 is 0 Å². The van der Waals surface area contributed by atoms with Crippen molar-refractivity contribution in [1.29, 1.82) is 0 Å². The van der Waals surface area contributed by atoms with Crippen molar-refractivity contribution >= 4 is 22.8 Å². The van der Waals surface area contributed by atoms with Gasteiger partial charge in [-0.05, 0) is 12.1 Å². The van der Waals surface area contributed by atoms with E-state index in [0.717, 1.165) is 22.5 Å². The SMILES string of the molecule is NC1=C(N)c2ccccc2Nc2ccccc21. The Morgan fingerprint density at radius 3 is 1.53 bits per heavy atom. The molecule has 3 nitrogen and oxygen atoms in total. The average Bonchev–Trinajstić information content (AvgIpc) is 2.48. The fraction of sp³-hybridized carbons (Fsp3) is 0. The maximum Gasteiger partial charge on any atom is 0.0649 e. The van der Waals surface area contributed by atoms with E-state index in [2.05, 4.69) is 5.32 Å². The number of benzene rings is 2. The minimum Gasteiger partial charge on any atom is -0.396 e. The fourth-order valence-corrected chi connectivity index (χ4v) is 2.09. The van der Waals surface area contributed by atoms with Crippen LogP contribution in [0, 0.1) is 0 Å². The van der Waals surface area contributed by atoms with E-state index in [1.807, 2.05) is 48.5 Å². The predicted octanol–water partition coefficient (Wildman–Crippen LogP) is 2.49. The Labute approximate surface area is 99.8 Å². The summed E-state index contributed by atoms with van der Waals surface area (Å²) in [6.07, 6.45) is 0. The summed E-state index contributed by atoms with van der Waals surface area (Å²) in [5, 5.41) is 3.36. The first-order valence-electron chi connectivity index (χ1n) is 5.48. The Hall–Kier alpha value is -2.42. The zero-order valence-electron chi connectivity index (χ0n) is 9.27. The van der Waals surface area contributed by atoms with E-state index < -0.39 is 0 Å². The summed E-state index contributed by atoms with van der Waals surface area (Å²) in [7, 11) is 0. The molecule has 1 aliphatic heterocycles. The van der Waals surface area contributed by atoms with Gasteiger partial charge in [0.05, 0.1) is 11.4 Å². The first-order chi connectivity index (χ1) is 8.27. The number of para-hydroxylation sites is 2. The van der Waals surface area contributed by atoms with Gasteiger partial charge in [0.15, 0.2) is 0 Å². The molecule has 0 radical (unpaired) electrons. The third-order valence-corrected chi connectivity index (χ3v) is 2.99. The minimum absolute atomic E-state index is 0.623. The molecule has 17 heavy (non-hydrogen) atoms. The summed E-state index contributed by atoms with van der Waals surface area (Å²) in [5.41, 5.74) is 17.3. The van der Waals surface area contributed by atoms with Crippen molar-refractivity contribution in [2.24, 2.45) is 11.5 Å². The monoisotopic (exact) mass is 223 g/mol. The van der Waals surface area contributed by atoms with E-state index in [4.69, 9.17) is 11.5 Å². The normalized spacial score (nSPS) is 13.4. The molecule has 2 aromatic carbocycles. The summed E-state index contributed by atoms with van der Waals surface area (Å²) >= 11 is 0. The van der Waals surface area contributed by atoms with Crippen molar-refractivity contribution in [2.75, 3.05) is 5.32 Å². The minimum atomic E-state index is 0.623. The molecule has 3 heteroatoms. The topological polar surface area (TPSA) is 64.1 Å². The van der Waals surface area contributed by atoms with E-state index in [0.29, 0.717) is 11.4 Å². The van der Waals surface area contributed by atoms with Gasteiger partial charge in [-0.3, -0.25) is 0 Å². The molecule has 84 valence electrons. The van der Waals surface area contributed by atoms with Crippen LogP contribution in [0.4, 0.5) is 11.4 Å². The maximum atomic E-state index is 6.12. The number of nitrogens with two attached hydrogens (primary N) is 2. The van der Waals surface area contributed by atoms with Crippen molar-refractivity contribution in [2.45, 2.75) is 0 Å². The number of nitrogens with one attached hydrogen (secondary N) is 1. The van der Waals surface area contributed by atoms with Crippen LogP contribution < -0.4 is 16.8 Å². The number of rotatable bonds is 0. The van der Waals surface area contributed by atoms with E-state index >= 15 is 0 Å². The van der Waals surface area contributed by atoms with Gasteiger partial charge >= 0.3 is 0 Å². The van der Waals surface area contributed by atoms with Gasteiger partial charge in [0.1, 0.15) is 0 Å². The van der Waals surface area contributed by atoms with Crippen LogP contribution in [0.1, 0.15) is 11.1 Å². The molecule has 2 aromatic rings. The zero-order valence-corrected chi connectivity index (χ0v) is 9.27. The molecular weight excluding hydrogens is 210 g/mol. The van der Waals surface area contributed by atoms with Crippen LogP contribution in [-0.4, -0.2) is 0 Å². The van der Waals surface area contributed by atoms with Gasteiger partial charge in [-0.15, -0.1) is 0 Å². The first kappa shape index (κ1) is 9.78. The number of anilines is 2. The largest absolute Gasteiger partial charge is 0.396 e. The molecular formula is C14H13N3. The molecule has 0 fully saturated rings. The highest BCUT2D eigenvalue weighted by molar-refractivity contribution is 5.98. The van der Waals surface area contributed by atoms with Crippen LogP contribution in [0.15, 0.2) is 48.5 Å². The zero-order chi connectivity index (χ0) is 11.8. The molecule has 0 aliphatic carbocycles. The molecule has 3 rings (SSSR count). The van der Waals surface area contributed by atoms with Gasteiger partial charge < -0.3 is 16.8 Å². The van der Waals surface area contributed by atoms with Crippen LogP contribution in [0.3, 0.4) is 0 Å². The summed E-state index contributed by atoms with van der Waals surface area (Å²) in [4.78, 5) is 0. The highest BCUT2D eigenvalue weighted by atomic mass is 14.9. The van der Waals surface area contributed by atoms with Gasteiger partial charge in [-0.2, -0.15) is 0 Å². The molecule has 0 amide bonds. The number of fused-ring (bicyclic) bond motifs is 2. The molecule has 0 atom stereocenters. The molecule has 0 spiro atoms. The quantitative estimate of drug-likeness (QED) is 0.643. The third-order valence-electron chi connectivity index (χ3n) is 2.99. The smallest absolute Gasteiger partial charge is 0.0649 e. The van der Waals surface area contributed by atoms with Crippen LogP contribution >= 0.6 is 0 Å². The highest BCUT2D eigenvalue weighted by Crippen LogP contribution is 2.34. The van der Waals surface area contributed by atoms with Crippen LogP contribution in [-0.2, 0) is 0 Å². The van der Waals surface area contributed by atoms with Gasteiger partial charge in [-0.1, -0.05) is 36.4 Å². The van der Waals surface area contributed by atoms with Crippen molar-refractivity contribution in [1.82, 2.24) is 0 Å². The number of hydrogen-bond donors (Lipinski definition) is 3. The van der Waals surface area contributed by atoms with Crippen LogP contribution in [0.5, 0.6) is 0 Å². The standard InChI is InChI=1S/C14H13N3/c15-13-9-5-1-3-7-11(9)17-12-8-4-2-6-10(12)14(13)16/h1-8,17H,15-16H2.